The van der Waals surface area contributed by atoms with Crippen LogP contribution >= 0.6 is 11.3 Å². The van der Waals surface area contributed by atoms with Gasteiger partial charge in [0.05, 0.1) is 34.3 Å². The minimum absolute atomic E-state index is 0.177. The Balaban J connectivity index is 1.87. The van der Waals surface area contributed by atoms with E-state index >= 15 is 0 Å². The number of hydrogen-bond acceptors (Lipinski definition) is 6. The van der Waals surface area contributed by atoms with Crippen LogP contribution in [-0.2, 0) is 4.74 Å². The van der Waals surface area contributed by atoms with E-state index in [0.29, 0.717) is 38.2 Å². The maximum atomic E-state index is 13.8. The van der Waals surface area contributed by atoms with Gasteiger partial charge < -0.3 is 15.0 Å². The summed E-state index contributed by atoms with van der Waals surface area (Å²) in [6.45, 7) is 5.56. The summed E-state index contributed by atoms with van der Waals surface area (Å²) in [5, 5.41) is 3.86. The van der Waals surface area contributed by atoms with Crippen LogP contribution in [0.25, 0.3) is 22.2 Å². The van der Waals surface area contributed by atoms with Crippen molar-refractivity contribution in [2.24, 2.45) is 0 Å². The van der Waals surface area contributed by atoms with Crippen molar-refractivity contribution in [3.05, 3.63) is 81.2 Å². The highest BCUT2D eigenvalue weighted by atomic mass is 32.1. The Morgan fingerprint density at radius 3 is 2.22 bits per heavy atom. The SMILES string of the molecule is COC(=O)c1c(NC(=O)c2c(C)c(-c3ccc(C)cc3)nc3ccccc23)sc(C(=O)N(C)C)c1C. The van der Waals surface area contributed by atoms with Crippen molar-refractivity contribution >= 4 is 45.0 Å². The lowest BCUT2D eigenvalue weighted by Gasteiger charge is -2.15. The molecule has 1 N–H and O–H groups in total. The van der Waals surface area contributed by atoms with E-state index in [-0.39, 0.29) is 16.5 Å². The molecular formula is C28H27N3O4S. The van der Waals surface area contributed by atoms with Gasteiger partial charge in [-0.25, -0.2) is 9.78 Å². The van der Waals surface area contributed by atoms with Crippen molar-refractivity contribution in [1.82, 2.24) is 9.88 Å². The summed E-state index contributed by atoms with van der Waals surface area (Å²) in [5.74, 6) is -1.27. The third kappa shape index (κ3) is 4.47. The molecule has 2 aromatic carbocycles. The van der Waals surface area contributed by atoms with E-state index in [1.54, 1.807) is 21.0 Å². The van der Waals surface area contributed by atoms with Crippen LogP contribution in [0.3, 0.4) is 0 Å². The second kappa shape index (κ2) is 9.91. The van der Waals surface area contributed by atoms with Gasteiger partial charge in [0.1, 0.15) is 5.00 Å². The summed E-state index contributed by atoms with van der Waals surface area (Å²) in [6.07, 6.45) is 0. The van der Waals surface area contributed by atoms with E-state index in [4.69, 9.17) is 9.72 Å². The van der Waals surface area contributed by atoms with Crippen molar-refractivity contribution in [2.45, 2.75) is 20.8 Å². The van der Waals surface area contributed by atoms with Gasteiger partial charge in [0, 0.05) is 25.0 Å². The van der Waals surface area contributed by atoms with E-state index in [1.165, 1.54) is 12.0 Å². The van der Waals surface area contributed by atoms with Gasteiger partial charge in [-0.05, 0) is 38.0 Å². The molecule has 7 nitrogen and oxygen atoms in total. The Kier molecular flexibility index (Phi) is 6.90. The highest BCUT2D eigenvalue weighted by Gasteiger charge is 2.28. The zero-order valence-electron chi connectivity index (χ0n) is 21.1. The molecule has 0 aliphatic rings. The average Bonchev–Trinajstić information content (AvgIpc) is 3.18. The van der Waals surface area contributed by atoms with Crippen LogP contribution in [0.4, 0.5) is 5.00 Å². The molecule has 36 heavy (non-hydrogen) atoms. The molecule has 4 rings (SSSR count). The number of hydrogen-bond donors (Lipinski definition) is 1. The summed E-state index contributed by atoms with van der Waals surface area (Å²) in [5.41, 5.74) is 5.24. The number of fused-ring (bicyclic) bond motifs is 1. The molecule has 0 spiro atoms. The summed E-state index contributed by atoms with van der Waals surface area (Å²) in [4.78, 5) is 45.8. The second-order valence-corrected chi connectivity index (χ2v) is 9.77. The molecule has 0 saturated carbocycles. The first-order chi connectivity index (χ1) is 17.1. The van der Waals surface area contributed by atoms with Crippen molar-refractivity contribution < 1.29 is 19.1 Å². The highest BCUT2D eigenvalue weighted by Crippen LogP contribution is 2.36. The normalized spacial score (nSPS) is 10.8. The molecule has 2 aromatic heterocycles. The lowest BCUT2D eigenvalue weighted by molar-refractivity contribution is 0.0601. The summed E-state index contributed by atoms with van der Waals surface area (Å²) in [6, 6.07) is 15.4. The van der Waals surface area contributed by atoms with E-state index in [0.717, 1.165) is 22.5 Å². The van der Waals surface area contributed by atoms with E-state index < -0.39 is 11.9 Å². The van der Waals surface area contributed by atoms with Gasteiger partial charge in [0.2, 0.25) is 0 Å². The number of ether oxygens (including phenoxy) is 1. The van der Waals surface area contributed by atoms with Crippen LogP contribution in [-0.4, -0.2) is 48.9 Å². The molecule has 2 heterocycles. The van der Waals surface area contributed by atoms with Gasteiger partial charge in [-0.3, -0.25) is 9.59 Å². The molecule has 0 saturated heterocycles. The van der Waals surface area contributed by atoms with Crippen molar-refractivity contribution in [3.8, 4) is 11.3 Å². The molecule has 2 amide bonds. The number of methoxy groups -OCH3 is 1. The van der Waals surface area contributed by atoms with Gasteiger partial charge in [0.15, 0.2) is 0 Å². The predicted octanol–water partition coefficient (Wildman–Crippen LogP) is 5.63. The summed E-state index contributed by atoms with van der Waals surface area (Å²) in [7, 11) is 4.54. The van der Waals surface area contributed by atoms with E-state index in [1.807, 2.05) is 62.4 Å². The van der Waals surface area contributed by atoms with Crippen molar-refractivity contribution in [1.29, 1.82) is 0 Å². The van der Waals surface area contributed by atoms with Gasteiger partial charge in [-0.15, -0.1) is 11.3 Å². The number of nitrogens with zero attached hydrogens (tertiary/aromatic N) is 2. The highest BCUT2D eigenvalue weighted by molar-refractivity contribution is 7.18. The Labute approximate surface area is 213 Å². The van der Waals surface area contributed by atoms with Crippen LogP contribution in [0, 0.1) is 20.8 Å². The topological polar surface area (TPSA) is 88.6 Å². The third-order valence-electron chi connectivity index (χ3n) is 6.05. The fraction of sp³-hybridized carbons (Fsp3) is 0.214. The number of para-hydroxylation sites is 1. The molecular weight excluding hydrogens is 474 g/mol. The minimum atomic E-state index is -0.617. The van der Waals surface area contributed by atoms with Gasteiger partial charge in [-0.1, -0.05) is 48.0 Å². The van der Waals surface area contributed by atoms with Gasteiger partial charge in [0.25, 0.3) is 11.8 Å². The average molecular weight is 502 g/mol. The monoisotopic (exact) mass is 501 g/mol. The quantitative estimate of drug-likeness (QED) is 0.358. The fourth-order valence-corrected chi connectivity index (χ4v) is 5.33. The number of rotatable bonds is 5. The first kappa shape index (κ1) is 25.1. The summed E-state index contributed by atoms with van der Waals surface area (Å²) >= 11 is 1.06. The van der Waals surface area contributed by atoms with Crippen LogP contribution < -0.4 is 5.32 Å². The maximum Gasteiger partial charge on any atom is 0.341 e. The zero-order chi connectivity index (χ0) is 26.1. The Bertz CT molecular complexity index is 1500. The maximum absolute atomic E-state index is 13.8. The molecule has 0 aliphatic carbocycles. The predicted molar refractivity (Wildman–Crippen MR) is 143 cm³/mol. The zero-order valence-corrected chi connectivity index (χ0v) is 21.9. The minimum Gasteiger partial charge on any atom is -0.465 e. The number of anilines is 1. The van der Waals surface area contributed by atoms with Crippen LogP contribution in [0.2, 0.25) is 0 Å². The number of benzene rings is 2. The standard InChI is InChI=1S/C28H27N3O4S/c1-15-11-13-18(14-12-15)23-16(2)21(19-9-7-8-10-20(19)29-23)25(32)30-26-22(28(34)35-6)17(3)24(36-26)27(33)31(4)5/h7-14H,1-6H3,(H,30,32). The number of aromatic nitrogens is 1. The lowest BCUT2D eigenvalue weighted by atomic mass is 9.96. The lowest BCUT2D eigenvalue weighted by Crippen LogP contribution is -2.21. The molecule has 0 fully saturated rings. The number of nitrogens with one attached hydrogen (secondary N) is 1. The Morgan fingerprint density at radius 2 is 1.58 bits per heavy atom. The number of thiophene rings is 1. The number of esters is 1. The van der Waals surface area contributed by atoms with Crippen molar-refractivity contribution in [2.75, 3.05) is 26.5 Å². The molecule has 4 aromatic rings. The fourth-order valence-electron chi connectivity index (χ4n) is 4.11. The molecule has 184 valence electrons. The third-order valence-corrected chi connectivity index (χ3v) is 7.25. The Hall–Kier alpha value is -4.04. The number of aryl methyl sites for hydroxylation is 1. The number of amides is 2. The van der Waals surface area contributed by atoms with Crippen molar-refractivity contribution in [3.63, 3.8) is 0 Å². The molecule has 0 bridgehead atoms. The summed E-state index contributed by atoms with van der Waals surface area (Å²) < 4.78 is 4.96. The first-order valence-corrected chi connectivity index (χ1v) is 12.2. The van der Waals surface area contributed by atoms with Crippen LogP contribution in [0.1, 0.15) is 47.1 Å². The molecule has 0 aliphatic heterocycles. The molecule has 8 heteroatoms. The van der Waals surface area contributed by atoms with Crippen LogP contribution in [0.15, 0.2) is 48.5 Å². The molecule has 0 atom stereocenters. The first-order valence-electron chi connectivity index (χ1n) is 11.3. The van der Waals surface area contributed by atoms with Gasteiger partial charge in [-0.2, -0.15) is 0 Å². The largest absolute Gasteiger partial charge is 0.465 e. The van der Waals surface area contributed by atoms with E-state index in [2.05, 4.69) is 5.32 Å². The number of pyridine rings is 1. The smallest absolute Gasteiger partial charge is 0.341 e. The number of carbonyl (C=O) groups is 3. The number of carbonyl (C=O) groups excluding carboxylic acids is 3. The van der Waals surface area contributed by atoms with E-state index in [9.17, 15) is 14.4 Å². The van der Waals surface area contributed by atoms with Crippen LogP contribution in [0.5, 0.6) is 0 Å². The molecule has 0 radical (unpaired) electrons. The van der Waals surface area contributed by atoms with Gasteiger partial charge >= 0.3 is 5.97 Å². The Morgan fingerprint density at radius 1 is 0.917 bits per heavy atom. The second-order valence-electron chi connectivity index (χ2n) is 8.75. The molecule has 0 unspecified atom stereocenters.